The highest BCUT2D eigenvalue weighted by molar-refractivity contribution is 6.42. The Morgan fingerprint density at radius 1 is 1.13 bits per heavy atom. The van der Waals surface area contributed by atoms with Gasteiger partial charge in [0.2, 0.25) is 17.7 Å². The number of hydrogen-bond acceptors (Lipinski definition) is 6. The van der Waals surface area contributed by atoms with E-state index in [1.54, 1.807) is 18.2 Å². The molecule has 2 saturated heterocycles. The van der Waals surface area contributed by atoms with Crippen molar-refractivity contribution in [2.24, 2.45) is 17.6 Å². The summed E-state index contributed by atoms with van der Waals surface area (Å²) >= 11 is 12.5. The van der Waals surface area contributed by atoms with Crippen molar-refractivity contribution >= 4 is 35.0 Å². The van der Waals surface area contributed by atoms with E-state index in [-0.39, 0.29) is 35.7 Å². The molecule has 3 atom stereocenters. The lowest BCUT2D eigenvalue weighted by Gasteiger charge is -2.34. The first-order chi connectivity index (χ1) is 18.2. The number of nitriles is 1. The van der Waals surface area contributed by atoms with E-state index in [9.17, 15) is 9.59 Å². The average Bonchev–Trinajstić information content (AvgIpc) is 3.52. The van der Waals surface area contributed by atoms with E-state index >= 15 is 0 Å². The van der Waals surface area contributed by atoms with Gasteiger partial charge in [-0.1, -0.05) is 29.3 Å². The highest BCUT2D eigenvalue weighted by Crippen LogP contribution is 2.40. The number of nitrogens with zero attached hydrogens (tertiary/aromatic N) is 4. The molecule has 3 heterocycles. The highest BCUT2D eigenvalue weighted by Gasteiger charge is 2.49. The summed E-state index contributed by atoms with van der Waals surface area (Å²) in [6.07, 6.45) is 3.99. The van der Waals surface area contributed by atoms with Crippen LogP contribution in [0.5, 0.6) is 5.88 Å². The Labute approximate surface area is 232 Å². The molecule has 200 valence electrons. The lowest BCUT2D eigenvalue weighted by Crippen LogP contribution is -2.50. The van der Waals surface area contributed by atoms with Crippen molar-refractivity contribution in [2.45, 2.75) is 50.2 Å². The van der Waals surface area contributed by atoms with Crippen LogP contribution in [0.25, 0.3) is 0 Å². The number of halogens is 2. The van der Waals surface area contributed by atoms with Gasteiger partial charge in [0.15, 0.2) is 0 Å². The molecular formula is C28H31Cl2N5O3. The number of hydrogen-bond donors (Lipinski definition) is 1. The molecule has 1 unspecified atom stereocenters. The molecule has 1 saturated carbocycles. The summed E-state index contributed by atoms with van der Waals surface area (Å²) in [6.45, 7) is 4.18. The maximum atomic E-state index is 13.6. The van der Waals surface area contributed by atoms with Gasteiger partial charge in [-0.25, -0.2) is 4.98 Å². The first-order valence-electron chi connectivity index (χ1n) is 13.0. The molecule has 38 heavy (non-hydrogen) atoms. The fraction of sp³-hybridized carbons (Fsp3) is 0.500. The summed E-state index contributed by atoms with van der Waals surface area (Å²) in [5.41, 5.74) is 6.89. The fourth-order valence-corrected chi connectivity index (χ4v) is 5.93. The average molecular weight is 556 g/mol. The molecule has 0 radical (unpaired) electrons. The zero-order valence-corrected chi connectivity index (χ0v) is 22.8. The molecule has 2 amide bonds. The molecule has 5 rings (SSSR count). The van der Waals surface area contributed by atoms with Gasteiger partial charge in [-0.05, 0) is 56.4 Å². The fourth-order valence-electron chi connectivity index (χ4n) is 5.63. The van der Waals surface area contributed by atoms with Crippen molar-refractivity contribution in [1.29, 1.82) is 5.26 Å². The van der Waals surface area contributed by atoms with Crippen molar-refractivity contribution in [3.8, 4) is 11.9 Å². The first-order valence-corrected chi connectivity index (χ1v) is 13.8. The number of aromatic nitrogens is 1. The van der Waals surface area contributed by atoms with Crippen LogP contribution >= 0.6 is 23.2 Å². The molecule has 1 aliphatic carbocycles. The van der Waals surface area contributed by atoms with Crippen molar-refractivity contribution in [3.63, 3.8) is 0 Å². The molecule has 2 aromatic rings. The van der Waals surface area contributed by atoms with Crippen LogP contribution < -0.4 is 10.5 Å². The second-order valence-corrected chi connectivity index (χ2v) is 11.5. The monoisotopic (exact) mass is 555 g/mol. The minimum atomic E-state index is -0.675. The zero-order chi connectivity index (χ0) is 27.0. The summed E-state index contributed by atoms with van der Waals surface area (Å²) in [5.74, 6) is 0.420. The zero-order valence-electron chi connectivity index (χ0n) is 21.3. The standard InChI is InChI=1S/C28H31Cl2N5O3/c1-17(38-25-5-2-18(13-31)14-33-25)21-15-35(16-22(21)20-3-4-23(29)24(30)12-20)26(36)19-6-10-34(11-7-19)27(37)28(32)8-9-28/h2-5,12,14,17,19,21-22H,6-11,15-16,32H2,1H3/t17-,21?,22+/m0/s1. The Hall–Kier alpha value is -2.86. The molecule has 8 nitrogen and oxygen atoms in total. The Morgan fingerprint density at radius 2 is 1.87 bits per heavy atom. The smallest absolute Gasteiger partial charge is 0.242 e. The third-order valence-electron chi connectivity index (χ3n) is 8.17. The van der Waals surface area contributed by atoms with Crippen LogP contribution in [0.2, 0.25) is 10.0 Å². The van der Waals surface area contributed by atoms with Crippen molar-refractivity contribution in [2.75, 3.05) is 26.2 Å². The highest BCUT2D eigenvalue weighted by atomic mass is 35.5. The Balaban J connectivity index is 1.29. The van der Waals surface area contributed by atoms with E-state index in [2.05, 4.69) is 11.1 Å². The number of amides is 2. The Kier molecular flexibility index (Phi) is 7.54. The van der Waals surface area contributed by atoms with Crippen molar-refractivity contribution in [3.05, 3.63) is 57.7 Å². The van der Waals surface area contributed by atoms with E-state index < -0.39 is 5.54 Å². The molecule has 2 N–H and O–H groups in total. The number of rotatable bonds is 6. The van der Waals surface area contributed by atoms with Gasteiger partial charge in [-0.3, -0.25) is 9.59 Å². The van der Waals surface area contributed by atoms with E-state index in [1.807, 2.05) is 28.9 Å². The lowest BCUT2D eigenvalue weighted by atomic mass is 9.86. The lowest BCUT2D eigenvalue weighted by molar-refractivity contribution is -0.141. The number of pyridine rings is 1. The molecular weight excluding hydrogens is 525 g/mol. The molecule has 1 aromatic heterocycles. The van der Waals surface area contributed by atoms with Crippen LogP contribution in [0.3, 0.4) is 0 Å². The van der Waals surface area contributed by atoms with Crippen LogP contribution in [0.1, 0.15) is 49.7 Å². The number of ether oxygens (including phenoxy) is 1. The van der Waals surface area contributed by atoms with E-state index in [0.29, 0.717) is 60.5 Å². The number of likely N-dealkylation sites (tertiary alicyclic amines) is 2. The number of piperidine rings is 1. The summed E-state index contributed by atoms with van der Waals surface area (Å²) in [6, 6.07) is 11.0. The van der Waals surface area contributed by atoms with E-state index in [4.69, 9.17) is 38.9 Å². The maximum Gasteiger partial charge on any atom is 0.242 e. The predicted octanol–water partition coefficient (Wildman–Crippen LogP) is 4.00. The summed E-state index contributed by atoms with van der Waals surface area (Å²) in [4.78, 5) is 34.3. The Bertz CT molecular complexity index is 1250. The van der Waals surface area contributed by atoms with Gasteiger partial charge in [-0.15, -0.1) is 0 Å². The normalized spacial score (nSPS) is 23.6. The molecule has 10 heteroatoms. The van der Waals surface area contributed by atoms with Crippen molar-refractivity contribution in [1.82, 2.24) is 14.8 Å². The summed E-state index contributed by atoms with van der Waals surface area (Å²) in [5, 5.41) is 10.00. The maximum absolute atomic E-state index is 13.6. The van der Waals surface area contributed by atoms with Crippen LogP contribution in [0.4, 0.5) is 0 Å². The van der Waals surface area contributed by atoms with Crippen LogP contribution in [-0.2, 0) is 9.59 Å². The van der Waals surface area contributed by atoms with Gasteiger partial charge in [-0.2, -0.15) is 5.26 Å². The Morgan fingerprint density at radius 3 is 2.47 bits per heavy atom. The third kappa shape index (κ3) is 5.47. The molecule has 1 aromatic carbocycles. The van der Waals surface area contributed by atoms with Crippen LogP contribution in [-0.4, -0.2) is 64.4 Å². The molecule has 0 bridgehead atoms. The largest absolute Gasteiger partial charge is 0.474 e. The number of benzene rings is 1. The van der Waals surface area contributed by atoms with E-state index in [1.165, 1.54) is 6.20 Å². The van der Waals surface area contributed by atoms with Gasteiger partial charge in [0.25, 0.3) is 0 Å². The van der Waals surface area contributed by atoms with Gasteiger partial charge >= 0.3 is 0 Å². The van der Waals surface area contributed by atoms with Gasteiger partial charge in [0, 0.05) is 56.2 Å². The number of carbonyl (C=O) groups excluding carboxylic acids is 2. The molecule has 3 aliphatic rings. The van der Waals surface area contributed by atoms with Crippen LogP contribution in [0, 0.1) is 23.2 Å². The van der Waals surface area contributed by atoms with Gasteiger partial charge < -0.3 is 20.3 Å². The van der Waals surface area contributed by atoms with Crippen LogP contribution in [0.15, 0.2) is 36.5 Å². The molecule has 2 aliphatic heterocycles. The first kappa shape index (κ1) is 26.7. The minimum absolute atomic E-state index is 0.00395. The molecule has 3 fully saturated rings. The van der Waals surface area contributed by atoms with E-state index in [0.717, 1.165) is 18.4 Å². The minimum Gasteiger partial charge on any atom is -0.474 e. The molecule has 0 spiro atoms. The van der Waals surface area contributed by atoms with Gasteiger partial charge in [0.05, 0.1) is 21.1 Å². The SMILES string of the molecule is C[C@H](Oc1ccc(C#N)cn1)C1CN(C(=O)C2CCN(C(=O)C3(N)CC3)CC2)C[C@@H]1c1ccc(Cl)c(Cl)c1. The van der Waals surface area contributed by atoms with Gasteiger partial charge in [0.1, 0.15) is 12.2 Å². The topological polar surface area (TPSA) is 113 Å². The summed E-state index contributed by atoms with van der Waals surface area (Å²) in [7, 11) is 0. The quantitative estimate of drug-likeness (QED) is 0.576. The predicted molar refractivity (Wildman–Crippen MR) is 144 cm³/mol. The third-order valence-corrected chi connectivity index (χ3v) is 8.91. The summed E-state index contributed by atoms with van der Waals surface area (Å²) < 4.78 is 6.18. The second-order valence-electron chi connectivity index (χ2n) is 10.7. The number of nitrogens with two attached hydrogens (primary N) is 1. The van der Waals surface area contributed by atoms with Crippen molar-refractivity contribution < 1.29 is 14.3 Å². The number of carbonyl (C=O) groups is 2. The second kappa shape index (κ2) is 10.7.